The normalized spacial score (nSPS) is 14.1. The third-order valence-electron chi connectivity index (χ3n) is 7.10. The molecule has 0 radical (unpaired) electrons. The molecule has 144 valence electrons. The van der Waals surface area contributed by atoms with Crippen LogP contribution in [0.2, 0.25) is 0 Å². The molecular weight excluding hydrogens is 372 g/mol. The molecule has 0 saturated carbocycles. The summed E-state index contributed by atoms with van der Waals surface area (Å²) in [6.07, 6.45) is 0. The molecule has 0 bridgehead atoms. The summed E-state index contributed by atoms with van der Waals surface area (Å²) in [6, 6.07) is 44.6. The summed E-state index contributed by atoms with van der Waals surface area (Å²) >= 11 is 0. The second kappa shape index (κ2) is 6.06. The molecule has 0 fully saturated rings. The molecule has 0 amide bonds. The van der Waals surface area contributed by atoms with Gasteiger partial charge in [0.25, 0.3) is 0 Å². The van der Waals surface area contributed by atoms with Gasteiger partial charge in [0.2, 0.25) is 0 Å². The molecule has 0 aromatic heterocycles. The van der Waals surface area contributed by atoms with E-state index in [1.54, 1.807) is 0 Å². The zero-order valence-electron chi connectivity index (χ0n) is 17.0. The van der Waals surface area contributed by atoms with Crippen LogP contribution in [-0.4, -0.2) is 0 Å². The Morgan fingerprint density at radius 3 is 1.35 bits per heavy atom. The molecule has 2 aliphatic rings. The molecule has 5 aromatic rings. The van der Waals surface area contributed by atoms with Crippen LogP contribution in [0.3, 0.4) is 0 Å². The van der Waals surface area contributed by atoms with Crippen LogP contribution in [-0.2, 0) is 5.41 Å². The average molecular weight is 393 g/mol. The fraction of sp³-hybridized carbons (Fsp3) is 0.0323. The minimum Gasteiger partial charge on any atom is -0.0622 e. The Labute approximate surface area is 182 Å². The monoisotopic (exact) mass is 392 g/mol. The minimum absolute atomic E-state index is 0.242. The summed E-state index contributed by atoms with van der Waals surface area (Å²) in [7, 11) is 0. The molecule has 0 heterocycles. The lowest BCUT2D eigenvalue weighted by atomic mass is 9.70. The molecule has 0 nitrogen and oxygen atoms in total. The minimum atomic E-state index is -0.242. The van der Waals surface area contributed by atoms with Gasteiger partial charge >= 0.3 is 0 Å². The van der Waals surface area contributed by atoms with Gasteiger partial charge in [0, 0.05) is 0 Å². The number of fused-ring (bicyclic) bond motifs is 10. The van der Waals surface area contributed by atoms with E-state index in [1.807, 2.05) is 0 Å². The molecule has 0 unspecified atom stereocenters. The van der Waals surface area contributed by atoms with Crippen molar-refractivity contribution >= 4 is 0 Å². The summed E-state index contributed by atoms with van der Waals surface area (Å²) in [5, 5.41) is 0. The Bertz CT molecular complexity index is 1430. The van der Waals surface area contributed by atoms with Crippen LogP contribution in [0.25, 0.3) is 33.4 Å². The zero-order valence-corrected chi connectivity index (χ0v) is 17.0. The maximum atomic E-state index is 2.39. The lowest BCUT2D eigenvalue weighted by molar-refractivity contribution is 0.794. The molecule has 0 aliphatic heterocycles. The van der Waals surface area contributed by atoms with Gasteiger partial charge in [-0.2, -0.15) is 0 Å². The van der Waals surface area contributed by atoms with Gasteiger partial charge in [-0.3, -0.25) is 0 Å². The maximum absolute atomic E-state index is 2.39. The average Bonchev–Trinajstić information content (AvgIpc) is 3.32. The molecule has 31 heavy (non-hydrogen) atoms. The lowest BCUT2D eigenvalue weighted by Crippen LogP contribution is -2.25. The predicted molar refractivity (Wildman–Crippen MR) is 128 cm³/mol. The molecule has 0 atom stereocenters. The molecule has 2 aliphatic carbocycles. The first-order chi connectivity index (χ1) is 15.4. The Morgan fingerprint density at radius 1 is 0.323 bits per heavy atom. The molecule has 5 aromatic carbocycles. The molecule has 1 spiro atoms. The van der Waals surface area contributed by atoms with E-state index in [9.17, 15) is 0 Å². The van der Waals surface area contributed by atoms with Crippen molar-refractivity contribution in [3.8, 4) is 33.4 Å². The lowest BCUT2D eigenvalue weighted by Gasteiger charge is -2.30. The van der Waals surface area contributed by atoms with Gasteiger partial charge in [0.1, 0.15) is 0 Å². The van der Waals surface area contributed by atoms with Crippen molar-refractivity contribution in [2.75, 3.05) is 0 Å². The summed E-state index contributed by atoms with van der Waals surface area (Å²) in [4.78, 5) is 0. The Balaban J connectivity index is 1.61. The Morgan fingerprint density at radius 2 is 0.774 bits per heavy atom. The van der Waals surface area contributed by atoms with Crippen molar-refractivity contribution in [1.82, 2.24) is 0 Å². The summed E-state index contributed by atoms with van der Waals surface area (Å²) in [5.41, 5.74) is 13.3. The van der Waals surface area contributed by atoms with Gasteiger partial charge < -0.3 is 0 Å². The first-order valence-corrected chi connectivity index (χ1v) is 10.9. The fourth-order valence-corrected chi connectivity index (χ4v) is 5.91. The second-order valence-corrected chi connectivity index (χ2v) is 8.51. The van der Waals surface area contributed by atoms with Crippen molar-refractivity contribution in [2.24, 2.45) is 0 Å². The van der Waals surface area contributed by atoms with Crippen LogP contribution in [0.15, 0.2) is 121 Å². The molecule has 0 saturated heterocycles. The number of hydrogen-bond donors (Lipinski definition) is 0. The first kappa shape index (κ1) is 16.8. The van der Waals surface area contributed by atoms with Gasteiger partial charge in [-0.25, -0.2) is 0 Å². The van der Waals surface area contributed by atoms with E-state index in [0.717, 1.165) is 0 Å². The third-order valence-corrected chi connectivity index (χ3v) is 7.10. The SMILES string of the molecule is c1ccc(-c2ccc3c(c2)-c2ccccc2C32c3ccccc3-c3ccccc32)cc1. The summed E-state index contributed by atoms with van der Waals surface area (Å²) in [6.45, 7) is 0. The number of rotatable bonds is 1. The zero-order chi connectivity index (χ0) is 20.4. The maximum Gasteiger partial charge on any atom is 0.0725 e. The molecular formula is C31H20. The van der Waals surface area contributed by atoms with Gasteiger partial charge in [0.15, 0.2) is 0 Å². The van der Waals surface area contributed by atoms with Crippen LogP contribution in [0, 0.1) is 0 Å². The highest BCUT2D eigenvalue weighted by molar-refractivity contribution is 5.95. The van der Waals surface area contributed by atoms with Crippen molar-refractivity contribution in [1.29, 1.82) is 0 Å². The van der Waals surface area contributed by atoms with Crippen LogP contribution in [0.1, 0.15) is 22.3 Å². The largest absolute Gasteiger partial charge is 0.0725 e. The van der Waals surface area contributed by atoms with Crippen LogP contribution in [0.4, 0.5) is 0 Å². The van der Waals surface area contributed by atoms with E-state index in [-0.39, 0.29) is 5.41 Å². The van der Waals surface area contributed by atoms with Crippen LogP contribution < -0.4 is 0 Å². The quantitative estimate of drug-likeness (QED) is 0.268. The highest BCUT2D eigenvalue weighted by atomic mass is 14.5. The van der Waals surface area contributed by atoms with Crippen molar-refractivity contribution in [3.63, 3.8) is 0 Å². The van der Waals surface area contributed by atoms with Gasteiger partial charge in [-0.05, 0) is 61.7 Å². The van der Waals surface area contributed by atoms with E-state index in [1.165, 1.54) is 55.6 Å². The summed E-state index contributed by atoms with van der Waals surface area (Å²) < 4.78 is 0. The smallest absolute Gasteiger partial charge is 0.0622 e. The highest BCUT2D eigenvalue weighted by Crippen LogP contribution is 2.62. The van der Waals surface area contributed by atoms with Gasteiger partial charge in [0.05, 0.1) is 5.41 Å². The topological polar surface area (TPSA) is 0 Å². The number of hydrogen-bond acceptors (Lipinski definition) is 0. The second-order valence-electron chi connectivity index (χ2n) is 8.51. The predicted octanol–water partition coefficient (Wildman–Crippen LogP) is 7.70. The van der Waals surface area contributed by atoms with Crippen molar-refractivity contribution < 1.29 is 0 Å². The standard InChI is InChI=1S/C31H20/c1-2-10-21(11-3-1)22-18-19-30-26(20-22)25-14-6-9-17-29(25)31(30)27-15-7-4-12-23(27)24-13-5-8-16-28(24)31/h1-20H. The van der Waals surface area contributed by atoms with E-state index in [0.29, 0.717) is 0 Å². The van der Waals surface area contributed by atoms with E-state index in [2.05, 4.69) is 121 Å². The van der Waals surface area contributed by atoms with Gasteiger partial charge in [-0.1, -0.05) is 115 Å². The van der Waals surface area contributed by atoms with E-state index < -0.39 is 0 Å². The van der Waals surface area contributed by atoms with Crippen LogP contribution >= 0.6 is 0 Å². The van der Waals surface area contributed by atoms with Crippen molar-refractivity contribution in [3.05, 3.63) is 144 Å². The fourth-order valence-electron chi connectivity index (χ4n) is 5.91. The van der Waals surface area contributed by atoms with E-state index in [4.69, 9.17) is 0 Å². The van der Waals surface area contributed by atoms with E-state index >= 15 is 0 Å². The number of benzene rings is 5. The molecule has 0 N–H and O–H groups in total. The summed E-state index contributed by atoms with van der Waals surface area (Å²) in [5.74, 6) is 0. The molecule has 7 rings (SSSR count). The van der Waals surface area contributed by atoms with Gasteiger partial charge in [-0.15, -0.1) is 0 Å². The Kier molecular flexibility index (Phi) is 3.29. The third kappa shape index (κ3) is 2.04. The first-order valence-electron chi connectivity index (χ1n) is 10.9. The molecule has 0 heteroatoms. The van der Waals surface area contributed by atoms with Crippen molar-refractivity contribution in [2.45, 2.75) is 5.41 Å². The highest BCUT2D eigenvalue weighted by Gasteiger charge is 2.51. The Hall–Kier alpha value is -3.90. The van der Waals surface area contributed by atoms with Crippen LogP contribution in [0.5, 0.6) is 0 Å².